The fourth-order valence-electron chi connectivity index (χ4n) is 1.69. The minimum Gasteiger partial charge on any atom is -0.490 e. The van der Waals surface area contributed by atoms with Crippen LogP contribution in [0.1, 0.15) is 25.5 Å². The Hall–Kier alpha value is -1.31. The highest BCUT2D eigenvalue weighted by Crippen LogP contribution is 2.36. The lowest BCUT2D eigenvalue weighted by Gasteiger charge is -2.17. The Morgan fingerprint density at radius 3 is 2.33 bits per heavy atom. The lowest BCUT2D eigenvalue weighted by atomic mass is 10.1. The van der Waals surface area contributed by atoms with Gasteiger partial charge in [-0.3, -0.25) is 0 Å². The second kappa shape index (κ2) is 8.86. The van der Waals surface area contributed by atoms with Crippen molar-refractivity contribution in [3.05, 3.63) is 22.2 Å². The Morgan fingerprint density at radius 1 is 1.24 bits per heavy atom. The summed E-state index contributed by atoms with van der Waals surface area (Å²) >= 11 is 3.36. The predicted molar refractivity (Wildman–Crippen MR) is 79.9 cm³/mol. The average molecular weight is 363 g/mol. The van der Waals surface area contributed by atoms with Gasteiger partial charge in [0.2, 0.25) is 0 Å². The number of aliphatic hydroxyl groups is 1. The van der Waals surface area contributed by atoms with Crippen LogP contribution in [0.3, 0.4) is 0 Å². The van der Waals surface area contributed by atoms with Gasteiger partial charge in [-0.2, -0.15) is 0 Å². The zero-order valence-corrected chi connectivity index (χ0v) is 13.6. The van der Waals surface area contributed by atoms with Crippen molar-refractivity contribution in [2.45, 2.75) is 20.0 Å². The SMILES string of the molecule is CCOc1cc(Br)c(C(O)COCC(=O)O)cc1OCC. The summed E-state index contributed by atoms with van der Waals surface area (Å²) in [5.74, 6) is 0.0198. The number of hydrogen-bond acceptors (Lipinski definition) is 5. The van der Waals surface area contributed by atoms with E-state index in [1.54, 1.807) is 12.1 Å². The Balaban J connectivity index is 2.90. The summed E-state index contributed by atoms with van der Waals surface area (Å²) in [7, 11) is 0. The van der Waals surface area contributed by atoms with Crippen LogP contribution in [0.15, 0.2) is 16.6 Å². The highest BCUT2D eigenvalue weighted by atomic mass is 79.9. The molecule has 0 spiro atoms. The molecular formula is C14H19BrO6. The van der Waals surface area contributed by atoms with Crippen LogP contribution < -0.4 is 9.47 Å². The van der Waals surface area contributed by atoms with Crippen molar-refractivity contribution in [2.24, 2.45) is 0 Å². The van der Waals surface area contributed by atoms with Gasteiger partial charge in [0.1, 0.15) is 12.7 Å². The van der Waals surface area contributed by atoms with Crippen LogP contribution in [0.5, 0.6) is 11.5 Å². The maximum absolute atomic E-state index is 10.4. The Labute approximate surface area is 131 Å². The van der Waals surface area contributed by atoms with E-state index < -0.39 is 18.7 Å². The van der Waals surface area contributed by atoms with Crippen LogP contribution in [0.25, 0.3) is 0 Å². The second-order valence-corrected chi connectivity index (χ2v) is 4.97. The molecule has 0 saturated carbocycles. The van der Waals surface area contributed by atoms with E-state index in [4.69, 9.17) is 19.3 Å². The van der Waals surface area contributed by atoms with Gasteiger partial charge < -0.3 is 24.4 Å². The number of carboxylic acid groups (broad SMARTS) is 1. The van der Waals surface area contributed by atoms with Crippen LogP contribution in [0.2, 0.25) is 0 Å². The van der Waals surface area contributed by atoms with E-state index in [-0.39, 0.29) is 6.61 Å². The van der Waals surface area contributed by atoms with Crippen LogP contribution in [-0.2, 0) is 9.53 Å². The largest absolute Gasteiger partial charge is 0.490 e. The average Bonchev–Trinajstić information content (AvgIpc) is 2.41. The highest BCUT2D eigenvalue weighted by molar-refractivity contribution is 9.10. The summed E-state index contributed by atoms with van der Waals surface area (Å²) in [6, 6.07) is 3.37. The molecule has 21 heavy (non-hydrogen) atoms. The van der Waals surface area contributed by atoms with Crippen molar-refractivity contribution in [2.75, 3.05) is 26.4 Å². The molecule has 1 aromatic carbocycles. The standard InChI is InChI=1S/C14H19BrO6/c1-3-20-12-5-9(10(15)6-13(12)21-4-2)11(16)7-19-8-14(17)18/h5-6,11,16H,3-4,7-8H2,1-2H3,(H,17,18). The maximum atomic E-state index is 10.4. The summed E-state index contributed by atoms with van der Waals surface area (Å²) in [5, 5.41) is 18.6. The van der Waals surface area contributed by atoms with Crippen molar-refractivity contribution in [1.29, 1.82) is 0 Å². The molecule has 0 aromatic heterocycles. The second-order valence-electron chi connectivity index (χ2n) is 4.11. The molecular weight excluding hydrogens is 344 g/mol. The first-order valence-electron chi connectivity index (χ1n) is 6.56. The normalized spacial score (nSPS) is 12.0. The van der Waals surface area contributed by atoms with Crippen LogP contribution in [0.4, 0.5) is 0 Å². The van der Waals surface area contributed by atoms with Crippen molar-refractivity contribution in [1.82, 2.24) is 0 Å². The van der Waals surface area contributed by atoms with Crippen LogP contribution in [0, 0.1) is 0 Å². The van der Waals surface area contributed by atoms with Gasteiger partial charge in [-0.05, 0) is 26.0 Å². The number of halogens is 1. The number of benzene rings is 1. The number of rotatable bonds is 9. The molecule has 0 heterocycles. The van der Waals surface area contributed by atoms with Crippen LogP contribution in [-0.4, -0.2) is 42.6 Å². The van der Waals surface area contributed by atoms with Gasteiger partial charge in [0.15, 0.2) is 11.5 Å². The molecule has 0 aliphatic heterocycles. The molecule has 0 amide bonds. The van der Waals surface area contributed by atoms with Crippen molar-refractivity contribution in [3.63, 3.8) is 0 Å². The first kappa shape index (κ1) is 17.7. The Morgan fingerprint density at radius 2 is 1.81 bits per heavy atom. The minimum absolute atomic E-state index is 0.121. The number of carbonyl (C=O) groups is 1. The van der Waals surface area contributed by atoms with Gasteiger partial charge in [0.25, 0.3) is 0 Å². The van der Waals surface area contributed by atoms with Gasteiger partial charge in [0.05, 0.1) is 19.8 Å². The Kier molecular flexibility index (Phi) is 7.49. The summed E-state index contributed by atoms with van der Waals surface area (Å²) < 4.78 is 16.5. The van der Waals surface area contributed by atoms with E-state index in [0.717, 1.165) is 0 Å². The van der Waals surface area contributed by atoms with Gasteiger partial charge in [0, 0.05) is 10.0 Å². The van der Waals surface area contributed by atoms with Gasteiger partial charge in [-0.1, -0.05) is 15.9 Å². The molecule has 1 atom stereocenters. The molecule has 2 N–H and O–H groups in total. The zero-order valence-electron chi connectivity index (χ0n) is 12.0. The first-order valence-corrected chi connectivity index (χ1v) is 7.35. The van der Waals surface area contributed by atoms with Gasteiger partial charge in [-0.25, -0.2) is 4.79 Å². The molecule has 0 bridgehead atoms. The van der Waals surface area contributed by atoms with Crippen LogP contribution >= 0.6 is 15.9 Å². The fourth-order valence-corrected chi connectivity index (χ4v) is 2.28. The molecule has 6 nitrogen and oxygen atoms in total. The van der Waals surface area contributed by atoms with Gasteiger partial charge in [-0.15, -0.1) is 0 Å². The molecule has 0 fully saturated rings. The summed E-state index contributed by atoms with van der Waals surface area (Å²) in [6.07, 6.45) is -0.964. The maximum Gasteiger partial charge on any atom is 0.329 e. The molecule has 118 valence electrons. The quantitative estimate of drug-likeness (QED) is 0.701. The number of aliphatic hydroxyl groups excluding tert-OH is 1. The van der Waals surface area contributed by atoms with Gasteiger partial charge >= 0.3 is 5.97 Å². The molecule has 0 radical (unpaired) electrons. The van der Waals surface area contributed by atoms with E-state index in [1.165, 1.54) is 0 Å². The van der Waals surface area contributed by atoms with Crippen molar-refractivity contribution < 1.29 is 29.2 Å². The van der Waals surface area contributed by atoms with Crippen molar-refractivity contribution >= 4 is 21.9 Å². The third kappa shape index (κ3) is 5.53. The van der Waals surface area contributed by atoms with E-state index in [1.807, 2.05) is 13.8 Å². The van der Waals surface area contributed by atoms with Crippen molar-refractivity contribution in [3.8, 4) is 11.5 Å². The fraction of sp³-hybridized carbons (Fsp3) is 0.500. The van der Waals surface area contributed by atoms with E-state index in [2.05, 4.69) is 15.9 Å². The summed E-state index contributed by atoms with van der Waals surface area (Å²) in [6.45, 7) is 4.10. The first-order chi connectivity index (χ1) is 9.99. The van der Waals surface area contributed by atoms with E-state index in [0.29, 0.717) is 34.7 Å². The summed E-state index contributed by atoms with van der Waals surface area (Å²) in [4.78, 5) is 10.4. The molecule has 7 heteroatoms. The number of ether oxygens (including phenoxy) is 3. The summed E-state index contributed by atoms with van der Waals surface area (Å²) in [5.41, 5.74) is 0.548. The number of hydrogen-bond donors (Lipinski definition) is 2. The minimum atomic E-state index is -1.08. The third-order valence-corrected chi connectivity index (χ3v) is 3.21. The molecule has 1 rings (SSSR count). The zero-order chi connectivity index (χ0) is 15.8. The van der Waals surface area contributed by atoms with E-state index in [9.17, 15) is 9.90 Å². The lowest BCUT2D eigenvalue weighted by Crippen LogP contribution is -2.13. The molecule has 0 saturated heterocycles. The number of carboxylic acids is 1. The molecule has 1 unspecified atom stereocenters. The Bertz CT molecular complexity index is 477. The molecule has 0 aliphatic rings. The molecule has 0 aliphatic carbocycles. The number of aliphatic carboxylic acids is 1. The van der Waals surface area contributed by atoms with E-state index >= 15 is 0 Å². The highest BCUT2D eigenvalue weighted by Gasteiger charge is 2.17. The monoisotopic (exact) mass is 362 g/mol. The molecule has 1 aromatic rings. The lowest BCUT2D eigenvalue weighted by molar-refractivity contribution is -0.143. The third-order valence-electron chi connectivity index (χ3n) is 2.52. The smallest absolute Gasteiger partial charge is 0.329 e. The topological polar surface area (TPSA) is 85.2 Å². The predicted octanol–water partition coefficient (Wildman–Crippen LogP) is 2.38.